The van der Waals surface area contributed by atoms with Crippen molar-refractivity contribution in [3.05, 3.63) is 24.2 Å². The molecule has 4 heterocycles. The topological polar surface area (TPSA) is 43.2 Å². The van der Waals surface area contributed by atoms with Gasteiger partial charge in [0.1, 0.15) is 11.3 Å². The minimum absolute atomic E-state index is 0.401. The number of ether oxygens (including phenoxy) is 1. The number of pyridine rings is 1. The van der Waals surface area contributed by atoms with E-state index >= 15 is 0 Å². The average Bonchev–Trinajstić information content (AvgIpc) is 3.25. The van der Waals surface area contributed by atoms with Crippen LogP contribution in [0.1, 0.15) is 31.6 Å². The first-order valence-electron chi connectivity index (χ1n) is 8.47. The SMILES string of the molecule is CCN1CCC(Cc2nc3cccnc3n2C2CCOC2)C1. The third-order valence-corrected chi connectivity index (χ3v) is 5.08. The molecule has 0 N–H and O–H groups in total. The number of fused-ring (bicyclic) bond motifs is 1. The van der Waals surface area contributed by atoms with E-state index < -0.39 is 0 Å². The zero-order valence-corrected chi connectivity index (χ0v) is 13.2. The van der Waals surface area contributed by atoms with E-state index in [0.717, 1.165) is 49.7 Å². The van der Waals surface area contributed by atoms with Gasteiger partial charge in [-0.15, -0.1) is 0 Å². The average molecular weight is 300 g/mol. The van der Waals surface area contributed by atoms with E-state index in [9.17, 15) is 0 Å². The van der Waals surface area contributed by atoms with Crippen LogP contribution < -0.4 is 0 Å². The summed E-state index contributed by atoms with van der Waals surface area (Å²) in [6.07, 6.45) is 5.28. The Morgan fingerprint density at radius 2 is 2.32 bits per heavy atom. The monoisotopic (exact) mass is 300 g/mol. The molecule has 2 aromatic rings. The molecular weight excluding hydrogens is 276 g/mol. The molecule has 5 nitrogen and oxygen atoms in total. The van der Waals surface area contributed by atoms with Gasteiger partial charge in [-0.05, 0) is 44.0 Å². The fourth-order valence-corrected chi connectivity index (χ4v) is 3.85. The summed E-state index contributed by atoms with van der Waals surface area (Å²) in [5.41, 5.74) is 2.05. The molecule has 2 unspecified atom stereocenters. The Bertz CT molecular complexity index is 647. The second kappa shape index (κ2) is 5.97. The van der Waals surface area contributed by atoms with Crippen LogP contribution in [0.15, 0.2) is 18.3 Å². The molecule has 0 bridgehead atoms. The van der Waals surface area contributed by atoms with Gasteiger partial charge in [0.2, 0.25) is 0 Å². The fraction of sp³-hybridized carbons (Fsp3) is 0.647. The minimum atomic E-state index is 0.401. The number of hydrogen-bond acceptors (Lipinski definition) is 4. The smallest absolute Gasteiger partial charge is 0.160 e. The predicted octanol–water partition coefficient (Wildman–Crippen LogP) is 2.28. The molecule has 2 aliphatic heterocycles. The summed E-state index contributed by atoms with van der Waals surface area (Å²) in [6, 6.07) is 4.45. The lowest BCUT2D eigenvalue weighted by Gasteiger charge is -2.17. The van der Waals surface area contributed by atoms with Crippen LogP contribution in [-0.2, 0) is 11.2 Å². The van der Waals surface area contributed by atoms with Crippen molar-refractivity contribution in [1.29, 1.82) is 0 Å². The van der Waals surface area contributed by atoms with E-state index in [1.54, 1.807) is 0 Å². The summed E-state index contributed by atoms with van der Waals surface area (Å²) in [5.74, 6) is 1.92. The van der Waals surface area contributed by atoms with E-state index in [1.807, 2.05) is 12.3 Å². The molecule has 2 fully saturated rings. The number of nitrogens with zero attached hydrogens (tertiary/aromatic N) is 4. The Kier molecular flexibility index (Phi) is 3.84. The predicted molar refractivity (Wildman–Crippen MR) is 85.9 cm³/mol. The van der Waals surface area contributed by atoms with Crippen LogP contribution >= 0.6 is 0 Å². The van der Waals surface area contributed by atoms with Gasteiger partial charge in [-0.25, -0.2) is 9.97 Å². The van der Waals surface area contributed by atoms with Crippen molar-refractivity contribution >= 4 is 11.2 Å². The van der Waals surface area contributed by atoms with Crippen molar-refractivity contribution in [3.8, 4) is 0 Å². The highest BCUT2D eigenvalue weighted by Gasteiger charge is 2.27. The molecule has 0 radical (unpaired) electrons. The van der Waals surface area contributed by atoms with Crippen LogP contribution in [0.3, 0.4) is 0 Å². The van der Waals surface area contributed by atoms with Crippen molar-refractivity contribution < 1.29 is 4.74 Å². The maximum atomic E-state index is 5.60. The second-order valence-electron chi connectivity index (χ2n) is 6.51. The zero-order chi connectivity index (χ0) is 14.9. The molecule has 2 atom stereocenters. The van der Waals surface area contributed by atoms with Crippen molar-refractivity contribution in [2.45, 2.75) is 32.2 Å². The van der Waals surface area contributed by atoms with Crippen molar-refractivity contribution in [2.24, 2.45) is 5.92 Å². The molecule has 22 heavy (non-hydrogen) atoms. The third kappa shape index (κ3) is 2.52. The summed E-state index contributed by atoms with van der Waals surface area (Å²) in [6.45, 7) is 7.48. The summed E-state index contributed by atoms with van der Waals surface area (Å²) in [5, 5.41) is 0. The van der Waals surface area contributed by atoms with E-state index in [-0.39, 0.29) is 0 Å². The van der Waals surface area contributed by atoms with Crippen molar-refractivity contribution in [2.75, 3.05) is 32.8 Å². The van der Waals surface area contributed by atoms with Gasteiger partial charge in [0.15, 0.2) is 5.65 Å². The fourth-order valence-electron chi connectivity index (χ4n) is 3.85. The summed E-state index contributed by atoms with van der Waals surface area (Å²) in [4.78, 5) is 12.0. The first-order valence-corrected chi connectivity index (χ1v) is 8.47. The van der Waals surface area contributed by atoms with E-state index in [1.165, 1.54) is 25.3 Å². The molecule has 2 aliphatic rings. The molecular formula is C17H24N4O. The number of hydrogen-bond donors (Lipinski definition) is 0. The molecule has 5 heteroatoms. The van der Waals surface area contributed by atoms with E-state index in [4.69, 9.17) is 9.72 Å². The van der Waals surface area contributed by atoms with Gasteiger partial charge < -0.3 is 14.2 Å². The van der Waals surface area contributed by atoms with Crippen LogP contribution in [0.25, 0.3) is 11.2 Å². The normalized spacial score (nSPS) is 26.2. The van der Waals surface area contributed by atoms with Crippen LogP contribution in [-0.4, -0.2) is 52.3 Å². The highest BCUT2D eigenvalue weighted by molar-refractivity contribution is 5.71. The lowest BCUT2D eigenvalue weighted by Crippen LogP contribution is -2.21. The highest BCUT2D eigenvalue weighted by atomic mass is 16.5. The highest BCUT2D eigenvalue weighted by Crippen LogP contribution is 2.28. The summed E-state index contributed by atoms with van der Waals surface area (Å²) in [7, 11) is 0. The first-order chi connectivity index (χ1) is 10.8. The summed E-state index contributed by atoms with van der Waals surface area (Å²) < 4.78 is 7.96. The van der Waals surface area contributed by atoms with E-state index in [2.05, 4.69) is 27.4 Å². The first kappa shape index (κ1) is 14.2. The van der Waals surface area contributed by atoms with Crippen molar-refractivity contribution in [3.63, 3.8) is 0 Å². The molecule has 2 aromatic heterocycles. The van der Waals surface area contributed by atoms with Gasteiger partial charge in [0, 0.05) is 25.8 Å². The second-order valence-corrected chi connectivity index (χ2v) is 6.51. The molecule has 0 saturated carbocycles. The standard InChI is InChI=1S/C17H24N4O/c1-2-20-8-5-13(11-20)10-16-19-15-4-3-7-18-17(15)21(16)14-6-9-22-12-14/h3-4,7,13-14H,2,5-6,8-12H2,1H3. The number of imidazole rings is 1. The van der Waals surface area contributed by atoms with Gasteiger partial charge in [-0.1, -0.05) is 6.92 Å². The number of aromatic nitrogens is 3. The molecule has 4 rings (SSSR count). The number of rotatable bonds is 4. The Labute approximate surface area is 131 Å². The van der Waals surface area contributed by atoms with Gasteiger partial charge >= 0.3 is 0 Å². The Hall–Kier alpha value is -1.46. The number of likely N-dealkylation sites (tertiary alicyclic amines) is 1. The summed E-state index contributed by atoms with van der Waals surface area (Å²) >= 11 is 0. The maximum absolute atomic E-state index is 5.60. The molecule has 0 aliphatic carbocycles. The minimum Gasteiger partial charge on any atom is -0.379 e. The lowest BCUT2D eigenvalue weighted by atomic mass is 10.0. The Balaban J connectivity index is 1.65. The van der Waals surface area contributed by atoms with Crippen LogP contribution in [0, 0.1) is 5.92 Å². The Morgan fingerprint density at radius 3 is 3.09 bits per heavy atom. The van der Waals surface area contributed by atoms with Gasteiger partial charge in [0.05, 0.1) is 12.6 Å². The quantitative estimate of drug-likeness (QED) is 0.869. The lowest BCUT2D eigenvalue weighted by molar-refractivity contribution is 0.186. The van der Waals surface area contributed by atoms with Gasteiger partial charge in [0.25, 0.3) is 0 Å². The zero-order valence-electron chi connectivity index (χ0n) is 13.2. The molecule has 2 saturated heterocycles. The molecule has 0 aromatic carbocycles. The third-order valence-electron chi connectivity index (χ3n) is 5.08. The molecule has 0 amide bonds. The van der Waals surface area contributed by atoms with Crippen LogP contribution in [0.2, 0.25) is 0 Å². The van der Waals surface area contributed by atoms with Crippen LogP contribution in [0.5, 0.6) is 0 Å². The van der Waals surface area contributed by atoms with Crippen molar-refractivity contribution in [1.82, 2.24) is 19.4 Å². The maximum Gasteiger partial charge on any atom is 0.160 e. The van der Waals surface area contributed by atoms with E-state index in [0.29, 0.717) is 6.04 Å². The molecule has 0 spiro atoms. The molecule has 118 valence electrons. The van der Waals surface area contributed by atoms with Crippen LogP contribution in [0.4, 0.5) is 0 Å². The largest absolute Gasteiger partial charge is 0.379 e. The Morgan fingerprint density at radius 1 is 1.36 bits per heavy atom. The van der Waals surface area contributed by atoms with Gasteiger partial charge in [-0.3, -0.25) is 0 Å². The van der Waals surface area contributed by atoms with Gasteiger partial charge in [-0.2, -0.15) is 0 Å².